The van der Waals surface area contributed by atoms with Crippen molar-refractivity contribution in [2.45, 2.75) is 58.5 Å². The van der Waals surface area contributed by atoms with E-state index in [2.05, 4.69) is 27.8 Å². The molecule has 1 aromatic rings. The summed E-state index contributed by atoms with van der Waals surface area (Å²) in [7, 11) is 0. The third kappa shape index (κ3) is 7.25. The molecule has 27 heavy (non-hydrogen) atoms. The molecule has 0 bridgehead atoms. The summed E-state index contributed by atoms with van der Waals surface area (Å²) in [5, 5.41) is 9.50. The van der Waals surface area contributed by atoms with Gasteiger partial charge in [0, 0.05) is 25.6 Å². The lowest BCUT2D eigenvalue weighted by molar-refractivity contribution is -0.121. The predicted molar refractivity (Wildman–Crippen MR) is 109 cm³/mol. The molecular formula is C20H35N5O2. The van der Waals surface area contributed by atoms with Crippen LogP contribution in [0.25, 0.3) is 0 Å². The molecule has 1 aliphatic rings. The molecule has 1 saturated heterocycles. The highest BCUT2D eigenvalue weighted by Crippen LogP contribution is 2.25. The van der Waals surface area contributed by atoms with Crippen LogP contribution in [0.1, 0.15) is 58.3 Å². The highest BCUT2D eigenvalue weighted by atomic mass is 16.3. The first kappa shape index (κ1) is 21.3. The minimum absolute atomic E-state index is 0.0678. The molecule has 2 unspecified atom stereocenters. The quantitative estimate of drug-likeness (QED) is 0.430. The summed E-state index contributed by atoms with van der Waals surface area (Å²) in [6.45, 7) is 10.3. The molecule has 1 aromatic heterocycles. The number of amides is 1. The highest BCUT2D eigenvalue weighted by Gasteiger charge is 2.25. The smallest absolute Gasteiger partial charge is 0.221 e. The lowest BCUT2D eigenvalue weighted by Crippen LogP contribution is -2.41. The lowest BCUT2D eigenvalue weighted by Gasteiger charge is -2.24. The fourth-order valence-electron chi connectivity index (χ4n) is 3.18. The van der Waals surface area contributed by atoms with E-state index < -0.39 is 0 Å². The Hall–Kier alpha value is -2.02. The van der Waals surface area contributed by atoms with Crippen molar-refractivity contribution >= 4 is 11.9 Å². The number of likely N-dealkylation sites (tertiary alicyclic amines) is 1. The molecular weight excluding hydrogens is 342 g/mol. The lowest BCUT2D eigenvalue weighted by atomic mass is 10.2. The molecule has 2 atom stereocenters. The van der Waals surface area contributed by atoms with Gasteiger partial charge in [-0.3, -0.25) is 14.7 Å². The van der Waals surface area contributed by atoms with Crippen molar-refractivity contribution in [2.75, 3.05) is 32.7 Å². The van der Waals surface area contributed by atoms with Gasteiger partial charge in [0.2, 0.25) is 5.91 Å². The highest BCUT2D eigenvalue weighted by molar-refractivity contribution is 5.81. The van der Waals surface area contributed by atoms with Gasteiger partial charge in [-0.05, 0) is 58.3 Å². The Balaban J connectivity index is 1.89. The van der Waals surface area contributed by atoms with Crippen molar-refractivity contribution in [1.29, 1.82) is 0 Å². The van der Waals surface area contributed by atoms with Crippen LogP contribution in [0.5, 0.6) is 0 Å². The SMILES string of the molecule is CCNC(=NCC(c1ccco1)N1CCCC1)NCCC(=O)NC(C)CC. The van der Waals surface area contributed by atoms with E-state index in [1.807, 2.05) is 26.0 Å². The van der Waals surface area contributed by atoms with Gasteiger partial charge in [-0.1, -0.05) is 6.92 Å². The van der Waals surface area contributed by atoms with E-state index in [-0.39, 0.29) is 18.0 Å². The minimum Gasteiger partial charge on any atom is -0.468 e. The van der Waals surface area contributed by atoms with Gasteiger partial charge in [-0.15, -0.1) is 0 Å². The first-order chi connectivity index (χ1) is 13.1. The van der Waals surface area contributed by atoms with Crippen molar-refractivity contribution in [2.24, 2.45) is 4.99 Å². The predicted octanol–water partition coefficient (Wildman–Crippen LogP) is 2.28. The Labute approximate surface area is 163 Å². The van der Waals surface area contributed by atoms with E-state index in [0.29, 0.717) is 19.5 Å². The van der Waals surface area contributed by atoms with Crippen molar-refractivity contribution in [3.05, 3.63) is 24.2 Å². The van der Waals surface area contributed by atoms with Crippen LogP contribution in [-0.4, -0.2) is 55.5 Å². The third-order valence-corrected chi connectivity index (χ3v) is 4.88. The number of hydrogen-bond donors (Lipinski definition) is 3. The molecule has 1 fully saturated rings. The zero-order chi connectivity index (χ0) is 19.5. The number of rotatable bonds is 10. The number of carbonyl (C=O) groups is 1. The first-order valence-corrected chi connectivity index (χ1v) is 10.2. The average molecular weight is 378 g/mol. The summed E-state index contributed by atoms with van der Waals surface area (Å²) in [5.41, 5.74) is 0. The summed E-state index contributed by atoms with van der Waals surface area (Å²) in [6, 6.07) is 4.33. The molecule has 7 nitrogen and oxygen atoms in total. The number of furan rings is 1. The fourth-order valence-corrected chi connectivity index (χ4v) is 3.18. The summed E-state index contributed by atoms with van der Waals surface area (Å²) < 4.78 is 5.66. The van der Waals surface area contributed by atoms with Gasteiger partial charge in [-0.25, -0.2) is 0 Å². The summed E-state index contributed by atoms with van der Waals surface area (Å²) in [4.78, 5) is 19.1. The first-order valence-electron chi connectivity index (χ1n) is 10.2. The van der Waals surface area contributed by atoms with Crippen LogP contribution >= 0.6 is 0 Å². The molecule has 0 spiro atoms. The third-order valence-electron chi connectivity index (χ3n) is 4.88. The van der Waals surface area contributed by atoms with E-state index >= 15 is 0 Å². The zero-order valence-corrected chi connectivity index (χ0v) is 17.0. The number of aliphatic imine (C=N–C) groups is 1. The molecule has 7 heteroatoms. The number of nitrogens with zero attached hydrogens (tertiary/aromatic N) is 2. The molecule has 0 aromatic carbocycles. The Morgan fingerprint density at radius 1 is 1.30 bits per heavy atom. The second-order valence-electron chi connectivity index (χ2n) is 7.05. The number of carbonyl (C=O) groups excluding carboxylic acids is 1. The summed E-state index contributed by atoms with van der Waals surface area (Å²) in [6.07, 6.45) is 5.55. The second-order valence-corrected chi connectivity index (χ2v) is 7.05. The molecule has 0 aliphatic carbocycles. The molecule has 0 saturated carbocycles. The van der Waals surface area contributed by atoms with E-state index in [4.69, 9.17) is 9.41 Å². The largest absolute Gasteiger partial charge is 0.468 e. The summed E-state index contributed by atoms with van der Waals surface area (Å²) >= 11 is 0. The summed E-state index contributed by atoms with van der Waals surface area (Å²) in [5.74, 6) is 1.77. The number of hydrogen-bond acceptors (Lipinski definition) is 4. The normalized spacial score (nSPS) is 17.5. The molecule has 3 N–H and O–H groups in total. The number of guanidine groups is 1. The van der Waals surface area contributed by atoms with Gasteiger partial charge < -0.3 is 20.4 Å². The van der Waals surface area contributed by atoms with Gasteiger partial charge in [0.1, 0.15) is 5.76 Å². The van der Waals surface area contributed by atoms with Gasteiger partial charge in [0.15, 0.2) is 5.96 Å². The Morgan fingerprint density at radius 2 is 2.07 bits per heavy atom. The Morgan fingerprint density at radius 3 is 2.70 bits per heavy atom. The van der Waals surface area contributed by atoms with E-state index in [0.717, 1.165) is 37.8 Å². The van der Waals surface area contributed by atoms with Crippen molar-refractivity contribution in [3.63, 3.8) is 0 Å². The molecule has 2 heterocycles. The topological polar surface area (TPSA) is 81.9 Å². The van der Waals surface area contributed by atoms with Crippen LogP contribution in [0.4, 0.5) is 0 Å². The zero-order valence-electron chi connectivity index (χ0n) is 17.0. The van der Waals surface area contributed by atoms with E-state index in [1.54, 1.807) is 6.26 Å². The molecule has 152 valence electrons. The van der Waals surface area contributed by atoms with Gasteiger partial charge >= 0.3 is 0 Å². The molecule has 2 rings (SSSR count). The molecule has 0 radical (unpaired) electrons. The fraction of sp³-hybridized carbons (Fsp3) is 0.700. The average Bonchev–Trinajstić information content (AvgIpc) is 3.36. The monoisotopic (exact) mass is 377 g/mol. The van der Waals surface area contributed by atoms with Crippen molar-refractivity contribution in [3.8, 4) is 0 Å². The van der Waals surface area contributed by atoms with E-state index in [9.17, 15) is 4.79 Å². The van der Waals surface area contributed by atoms with E-state index in [1.165, 1.54) is 12.8 Å². The van der Waals surface area contributed by atoms with Gasteiger partial charge in [-0.2, -0.15) is 0 Å². The maximum Gasteiger partial charge on any atom is 0.221 e. The molecule has 1 aliphatic heterocycles. The van der Waals surface area contributed by atoms with Crippen LogP contribution in [0.15, 0.2) is 27.8 Å². The minimum atomic E-state index is 0.0678. The van der Waals surface area contributed by atoms with Crippen molar-refractivity contribution < 1.29 is 9.21 Å². The van der Waals surface area contributed by atoms with Crippen LogP contribution in [0, 0.1) is 0 Å². The maximum absolute atomic E-state index is 11.9. The maximum atomic E-state index is 11.9. The number of nitrogens with one attached hydrogen (secondary N) is 3. The van der Waals surface area contributed by atoms with Crippen molar-refractivity contribution in [1.82, 2.24) is 20.9 Å². The van der Waals surface area contributed by atoms with Crippen LogP contribution < -0.4 is 16.0 Å². The molecule has 1 amide bonds. The Bertz CT molecular complexity index is 567. The van der Waals surface area contributed by atoms with Gasteiger partial charge in [0.25, 0.3) is 0 Å². The van der Waals surface area contributed by atoms with Crippen LogP contribution in [-0.2, 0) is 4.79 Å². The van der Waals surface area contributed by atoms with Gasteiger partial charge in [0.05, 0.1) is 18.8 Å². The second kappa shape index (κ2) is 11.6. The standard InChI is InChI=1S/C20H35N5O2/c1-4-16(3)24-19(26)10-11-22-20(21-5-2)23-15-17(18-9-8-14-27-18)25-12-6-7-13-25/h8-9,14,16-17H,4-7,10-13,15H2,1-3H3,(H,24,26)(H2,21,22,23). The Kier molecular flexibility index (Phi) is 9.18. The van der Waals surface area contributed by atoms with Crippen LogP contribution in [0.3, 0.4) is 0 Å². The van der Waals surface area contributed by atoms with Crippen LogP contribution in [0.2, 0.25) is 0 Å².